The van der Waals surface area contributed by atoms with Crippen molar-refractivity contribution in [3.8, 4) is 5.75 Å². The van der Waals surface area contributed by atoms with Crippen LogP contribution in [0.25, 0.3) is 0 Å². The lowest BCUT2D eigenvalue weighted by molar-refractivity contribution is -0.119. The number of ether oxygens (including phenoxy) is 1. The molecule has 0 aliphatic carbocycles. The Balaban J connectivity index is 1.90. The zero-order valence-electron chi connectivity index (χ0n) is 16.0. The van der Waals surface area contributed by atoms with Crippen molar-refractivity contribution in [1.82, 2.24) is 0 Å². The number of carbonyl (C=O) groups excluding carboxylic acids is 1. The second-order valence-corrected chi connectivity index (χ2v) is 7.00. The van der Waals surface area contributed by atoms with Gasteiger partial charge in [0.25, 0.3) is 0 Å². The minimum absolute atomic E-state index is 0.0718. The molecule has 0 spiro atoms. The van der Waals surface area contributed by atoms with Crippen molar-refractivity contribution >= 4 is 11.6 Å². The lowest BCUT2D eigenvalue weighted by atomic mass is 9.75. The van der Waals surface area contributed by atoms with Crippen LogP contribution in [0.15, 0.2) is 84.9 Å². The van der Waals surface area contributed by atoms with Crippen LogP contribution in [0, 0.1) is 0 Å². The number of rotatable bonds is 6. The Morgan fingerprint density at radius 1 is 0.815 bits per heavy atom. The number of benzene rings is 3. The van der Waals surface area contributed by atoms with Gasteiger partial charge < -0.3 is 10.1 Å². The van der Waals surface area contributed by atoms with E-state index in [-0.39, 0.29) is 12.0 Å². The van der Waals surface area contributed by atoms with Crippen molar-refractivity contribution in [3.63, 3.8) is 0 Å². The molecule has 138 valence electrons. The topological polar surface area (TPSA) is 38.3 Å². The normalized spacial score (nSPS) is 11.3. The number of nitrogens with one attached hydrogen (secondary N) is 1. The van der Waals surface area contributed by atoms with Gasteiger partial charge in [0.15, 0.2) is 0 Å². The summed E-state index contributed by atoms with van der Waals surface area (Å²) < 4.78 is 5.67. The molecule has 3 aromatic carbocycles. The number of hydrogen-bond acceptors (Lipinski definition) is 2. The zero-order valence-corrected chi connectivity index (χ0v) is 16.0. The molecule has 0 heterocycles. The van der Waals surface area contributed by atoms with Gasteiger partial charge in [0.05, 0.1) is 11.5 Å². The highest BCUT2D eigenvalue weighted by Crippen LogP contribution is 2.33. The molecule has 1 N–H and O–H groups in total. The quantitative estimate of drug-likeness (QED) is 0.638. The third-order valence-electron chi connectivity index (χ3n) is 4.64. The minimum atomic E-state index is -0.796. The zero-order chi connectivity index (χ0) is 19.3. The first-order valence-corrected chi connectivity index (χ1v) is 9.19. The molecule has 0 fully saturated rings. The average Bonchev–Trinajstić information content (AvgIpc) is 2.69. The van der Waals surface area contributed by atoms with Gasteiger partial charge in [-0.2, -0.15) is 0 Å². The molecule has 3 nitrogen and oxygen atoms in total. The number of carbonyl (C=O) groups is 1. The van der Waals surface area contributed by atoms with E-state index in [2.05, 4.69) is 5.32 Å². The number of amides is 1. The van der Waals surface area contributed by atoms with E-state index in [0.717, 1.165) is 22.6 Å². The van der Waals surface area contributed by atoms with Gasteiger partial charge >= 0.3 is 0 Å². The van der Waals surface area contributed by atoms with Gasteiger partial charge in [-0.1, -0.05) is 60.7 Å². The Morgan fingerprint density at radius 3 is 1.74 bits per heavy atom. The second-order valence-electron chi connectivity index (χ2n) is 7.00. The fourth-order valence-corrected chi connectivity index (χ4v) is 3.12. The van der Waals surface area contributed by atoms with Crippen molar-refractivity contribution in [2.45, 2.75) is 32.3 Å². The summed E-state index contributed by atoms with van der Waals surface area (Å²) in [5, 5.41) is 3.07. The molecule has 0 aliphatic heterocycles. The van der Waals surface area contributed by atoms with Crippen molar-refractivity contribution in [2.24, 2.45) is 0 Å². The van der Waals surface area contributed by atoms with Crippen LogP contribution < -0.4 is 10.1 Å². The maximum absolute atomic E-state index is 13.4. The molecular weight excluding hydrogens is 334 g/mol. The van der Waals surface area contributed by atoms with Gasteiger partial charge in [-0.15, -0.1) is 0 Å². The lowest BCUT2D eigenvalue weighted by Gasteiger charge is -2.29. The largest absolute Gasteiger partial charge is 0.491 e. The molecule has 3 heteroatoms. The van der Waals surface area contributed by atoms with Crippen LogP contribution >= 0.6 is 0 Å². The number of anilines is 1. The van der Waals surface area contributed by atoms with Gasteiger partial charge in [0.2, 0.25) is 5.91 Å². The summed E-state index contributed by atoms with van der Waals surface area (Å²) in [6, 6.07) is 27.2. The van der Waals surface area contributed by atoms with Crippen LogP contribution in [0.1, 0.15) is 31.9 Å². The summed E-state index contributed by atoms with van der Waals surface area (Å²) in [7, 11) is 0. The highest BCUT2D eigenvalue weighted by Gasteiger charge is 2.37. The number of hydrogen-bond donors (Lipinski definition) is 1. The van der Waals surface area contributed by atoms with Gasteiger partial charge in [0, 0.05) is 5.69 Å². The highest BCUT2D eigenvalue weighted by molar-refractivity contribution is 6.01. The van der Waals surface area contributed by atoms with E-state index in [9.17, 15) is 4.79 Å². The summed E-state index contributed by atoms with van der Waals surface area (Å²) in [5.74, 6) is 0.717. The molecule has 0 saturated carbocycles. The Labute approximate surface area is 161 Å². The van der Waals surface area contributed by atoms with Crippen LogP contribution in [-0.2, 0) is 10.2 Å². The third kappa shape index (κ3) is 4.20. The maximum Gasteiger partial charge on any atom is 0.239 e. The summed E-state index contributed by atoms with van der Waals surface area (Å²) in [5.41, 5.74) is 1.85. The van der Waals surface area contributed by atoms with Crippen LogP contribution in [0.5, 0.6) is 5.75 Å². The minimum Gasteiger partial charge on any atom is -0.491 e. The van der Waals surface area contributed by atoms with Crippen molar-refractivity contribution in [2.75, 3.05) is 5.32 Å². The third-order valence-corrected chi connectivity index (χ3v) is 4.64. The van der Waals surface area contributed by atoms with Gasteiger partial charge in [0.1, 0.15) is 5.75 Å². The SMILES string of the molecule is CC(C)Oc1ccc(NC(=O)C(C)(c2ccccc2)c2ccccc2)cc1. The van der Waals surface area contributed by atoms with E-state index in [1.807, 2.05) is 106 Å². The molecule has 0 unspecified atom stereocenters. The van der Waals surface area contributed by atoms with E-state index in [4.69, 9.17) is 4.74 Å². The molecule has 0 aromatic heterocycles. The van der Waals surface area contributed by atoms with Crippen LogP contribution in [0.3, 0.4) is 0 Å². The van der Waals surface area contributed by atoms with E-state index >= 15 is 0 Å². The molecule has 0 aliphatic rings. The molecule has 0 radical (unpaired) electrons. The van der Waals surface area contributed by atoms with E-state index < -0.39 is 5.41 Å². The van der Waals surface area contributed by atoms with E-state index in [0.29, 0.717) is 0 Å². The van der Waals surface area contributed by atoms with Crippen molar-refractivity contribution in [3.05, 3.63) is 96.1 Å². The standard InChI is InChI=1S/C24H25NO2/c1-18(2)27-22-16-14-21(15-17-22)25-23(26)24(3,19-10-6-4-7-11-19)20-12-8-5-9-13-20/h4-18H,1-3H3,(H,25,26). The molecule has 27 heavy (non-hydrogen) atoms. The fourth-order valence-electron chi connectivity index (χ4n) is 3.12. The lowest BCUT2D eigenvalue weighted by Crippen LogP contribution is -2.38. The Hall–Kier alpha value is -3.07. The monoisotopic (exact) mass is 359 g/mol. The molecule has 1 amide bonds. The van der Waals surface area contributed by atoms with Crippen molar-refractivity contribution < 1.29 is 9.53 Å². The van der Waals surface area contributed by atoms with Gasteiger partial charge in [-0.25, -0.2) is 0 Å². The predicted octanol–water partition coefficient (Wildman–Crippen LogP) is 5.42. The first kappa shape index (κ1) is 18.7. The molecule has 0 saturated heterocycles. The summed E-state index contributed by atoms with van der Waals surface area (Å²) >= 11 is 0. The van der Waals surface area contributed by atoms with Crippen LogP contribution in [0.2, 0.25) is 0 Å². The average molecular weight is 359 g/mol. The second kappa shape index (κ2) is 8.09. The molecule has 3 aromatic rings. The van der Waals surface area contributed by atoms with Crippen LogP contribution in [-0.4, -0.2) is 12.0 Å². The molecule has 0 atom stereocenters. The Kier molecular flexibility index (Phi) is 5.60. The van der Waals surface area contributed by atoms with Crippen LogP contribution in [0.4, 0.5) is 5.69 Å². The Bertz CT molecular complexity index is 832. The van der Waals surface area contributed by atoms with Gasteiger partial charge in [-0.3, -0.25) is 4.79 Å². The molecular formula is C24H25NO2. The summed E-state index contributed by atoms with van der Waals surface area (Å²) in [6.07, 6.45) is 0.116. The highest BCUT2D eigenvalue weighted by atomic mass is 16.5. The fraction of sp³-hybridized carbons (Fsp3) is 0.208. The molecule has 0 bridgehead atoms. The first-order valence-electron chi connectivity index (χ1n) is 9.19. The van der Waals surface area contributed by atoms with Crippen molar-refractivity contribution in [1.29, 1.82) is 0 Å². The smallest absolute Gasteiger partial charge is 0.239 e. The summed E-state index contributed by atoms with van der Waals surface area (Å²) in [4.78, 5) is 13.4. The maximum atomic E-state index is 13.4. The Morgan fingerprint density at radius 2 is 1.30 bits per heavy atom. The predicted molar refractivity (Wildman–Crippen MR) is 110 cm³/mol. The summed E-state index contributed by atoms with van der Waals surface area (Å²) in [6.45, 7) is 5.94. The first-order chi connectivity index (χ1) is 13.0. The molecule has 3 rings (SSSR count). The van der Waals surface area contributed by atoms with Gasteiger partial charge in [-0.05, 0) is 56.2 Å². The van der Waals surface area contributed by atoms with E-state index in [1.54, 1.807) is 0 Å². The van der Waals surface area contributed by atoms with E-state index in [1.165, 1.54) is 0 Å².